The normalized spacial score (nSPS) is 14.4. The second-order valence-corrected chi connectivity index (χ2v) is 11.6. The predicted molar refractivity (Wildman–Crippen MR) is 143 cm³/mol. The van der Waals surface area contributed by atoms with E-state index in [1.165, 1.54) is 12.1 Å². The highest BCUT2D eigenvalue weighted by molar-refractivity contribution is 6.94. The molecule has 0 aliphatic carbocycles. The lowest BCUT2D eigenvalue weighted by Gasteiger charge is -2.27. The zero-order valence-corrected chi connectivity index (χ0v) is 22.7. The Kier molecular flexibility index (Phi) is 11.7. The maximum Gasteiger partial charge on any atom is 0.503 e. The Morgan fingerprint density at radius 2 is 1.89 bits per heavy atom. The van der Waals surface area contributed by atoms with E-state index in [0.29, 0.717) is 30.3 Å². The van der Waals surface area contributed by atoms with Gasteiger partial charge in [0.05, 0.1) is 6.04 Å². The molecular formula is C22H30ClMgN7O6. The van der Waals surface area contributed by atoms with E-state index in [0.717, 1.165) is 4.05 Å². The van der Waals surface area contributed by atoms with Crippen LogP contribution in [0.15, 0.2) is 29.1 Å². The minimum atomic E-state index is -1.30. The van der Waals surface area contributed by atoms with Crippen LogP contribution in [0.5, 0.6) is 0 Å². The van der Waals surface area contributed by atoms with E-state index in [1.54, 1.807) is 12.1 Å². The molecule has 0 radical (unpaired) electrons. The number of nitrogens with one attached hydrogen (secondary N) is 5. The first-order valence-electron chi connectivity index (χ1n) is 11.6. The van der Waals surface area contributed by atoms with Crippen LogP contribution in [0.2, 0.25) is 4.05 Å². The first-order valence-corrected chi connectivity index (χ1v) is 14.5. The van der Waals surface area contributed by atoms with Crippen molar-refractivity contribution in [1.29, 1.82) is 0 Å². The summed E-state index contributed by atoms with van der Waals surface area (Å²) in [5, 5.41) is 29.5. The highest BCUT2D eigenvalue weighted by Gasteiger charge is 2.22. The number of aromatic nitrogens is 2. The molecular weight excluding hydrogens is 518 g/mol. The number of nitrogens with zero attached hydrogens (tertiary/aromatic N) is 1. The molecule has 1 aromatic carbocycles. The number of hydrogen-bond acceptors (Lipinski definition) is 9. The van der Waals surface area contributed by atoms with Crippen molar-refractivity contribution in [2.24, 2.45) is 0 Å². The number of fused-ring (bicyclic) bond motifs is 1. The Morgan fingerprint density at radius 3 is 2.46 bits per heavy atom. The summed E-state index contributed by atoms with van der Waals surface area (Å²) in [6.07, 6.45) is -0.587. The van der Waals surface area contributed by atoms with E-state index < -0.39 is 29.4 Å². The molecule has 2 aromatic rings. The van der Waals surface area contributed by atoms with E-state index in [2.05, 4.69) is 45.1 Å². The van der Waals surface area contributed by atoms with Crippen LogP contribution in [0.3, 0.4) is 0 Å². The third-order valence-electron chi connectivity index (χ3n) is 5.07. The third-order valence-corrected chi connectivity index (χ3v) is 7.54. The molecule has 0 fully saturated rings. The molecule has 3 rings (SSSR count). The van der Waals surface area contributed by atoms with Crippen LogP contribution in [-0.2, 0) is 9.59 Å². The second kappa shape index (κ2) is 14.5. The first-order chi connectivity index (χ1) is 17.5. The molecule has 2 atom stereocenters. The average Bonchev–Trinajstić information content (AvgIpc) is 2.85. The number of H-pyrrole nitrogens is 1. The van der Waals surface area contributed by atoms with Crippen LogP contribution in [-0.4, -0.2) is 82.5 Å². The van der Waals surface area contributed by atoms with Gasteiger partial charge in [-0.3, -0.25) is 14.4 Å². The number of halogens is 1. The van der Waals surface area contributed by atoms with Gasteiger partial charge in [-0.2, -0.15) is 4.98 Å². The van der Waals surface area contributed by atoms with Gasteiger partial charge in [0.2, 0.25) is 5.95 Å². The zero-order chi connectivity index (χ0) is 27.5. The lowest BCUT2D eigenvalue weighted by Crippen LogP contribution is -2.41. The van der Waals surface area contributed by atoms with Crippen molar-refractivity contribution in [2.75, 3.05) is 34.8 Å². The lowest BCUT2D eigenvalue weighted by molar-refractivity contribution is -0.140. The highest BCUT2D eigenvalue weighted by atomic mass is 35.5. The fourth-order valence-electron chi connectivity index (χ4n) is 3.11. The fourth-order valence-corrected chi connectivity index (χ4v) is 3.11. The van der Waals surface area contributed by atoms with Gasteiger partial charge in [0.15, 0.2) is 0 Å². The number of nitrogens with two attached hydrogens (primary N) is 1. The number of nitrogen functional groups attached to an aromatic ring is 1. The number of hydrogen-bond donors (Lipinski definition) is 8. The minimum absolute atomic E-state index is 0.0281. The Balaban J connectivity index is 0.000000877. The van der Waals surface area contributed by atoms with Crippen LogP contribution < -0.4 is 32.6 Å². The van der Waals surface area contributed by atoms with Crippen molar-refractivity contribution < 1.29 is 24.6 Å². The molecule has 0 saturated carbocycles. The molecule has 2 heterocycles. The smallest absolute Gasteiger partial charge is 0.481 e. The summed E-state index contributed by atoms with van der Waals surface area (Å²) in [5.41, 5.74) is 6.31. The van der Waals surface area contributed by atoms with Gasteiger partial charge in [0, 0.05) is 30.8 Å². The number of aliphatic carboxylic acids is 2. The minimum Gasteiger partial charge on any atom is -0.481 e. The van der Waals surface area contributed by atoms with E-state index in [1.807, 2.05) is 0 Å². The van der Waals surface area contributed by atoms with Crippen LogP contribution in [0.1, 0.15) is 37.0 Å². The number of aromatic amines is 1. The molecule has 1 aliphatic heterocycles. The number of carbonyl (C=O) groups is 3. The summed E-state index contributed by atoms with van der Waals surface area (Å²) in [6.45, 7) is 5.28. The number of anilines is 4. The summed E-state index contributed by atoms with van der Waals surface area (Å²) in [7, 11) is 5.48. The van der Waals surface area contributed by atoms with Crippen LogP contribution in [0.4, 0.5) is 23.1 Å². The Labute approximate surface area is 226 Å². The first kappa shape index (κ1) is 30.0. The Bertz CT molecular complexity index is 1150. The molecule has 0 bridgehead atoms. The van der Waals surface area contributed by atoms with Crippen LogP contribution >= 0.6 is 9.07 Å². The van der Waals surface area contributed by atoms with Crippen molar-refractivity contribution in [3.63, 3.8) is 0 Å². The Hall–Kier alpha value is -3.23. The maximum atomic E-state index is 12.3. The van der Waals surface area contributed by atoms with Gasteiger partial charge in [-0.1, -0.05) is 13.8 Å². The monoisotopic (exact) mass is 547 g/mol. The van der Waals surface area contributed by atoms with Crippen LogP contribution in [0.25, 0.3) is 0 Å². The summed E-state index contributed by atoms with van der Waals surface area (Å²) >= 11 is -0.179. The molecule has 37 heavy (non-hydrogen) atoms. The van der Waals surface area contributed by atoms with Gasteiger partial charge in [0.25, 0.3) is 11.5 Å². The summed E-state index contributed by atoms with van der Waals surface area (Å²) in [6, 6.07) is 4.93. The molecule has 0 saturated heterocycles. The number of carboxylic acid groups (broad SMARTS) is 2. The van der Waals surface area contributed by atoms with Gasteiger partial charge in [-0.15, -0.1) is 4.05 Å². The number of amides is 1. The van der Waals surface area contributed by atoms with Gasteiger partial charge >= 0.3 is 31.2 Å². The molecule has 1 aliphatic rings. The fraction of sp³-hybridized carbons (Fsp3) is 0.409. The van der Waals surface area contributed by atoms with Crippen molar-refractivity contribution >= 4 is 69.3 Å². The van der Waals surface area contributed by atoms with E-state index in [4.69, 9.17) is 25.0 Å². The summed E-state index contributed by atoms with van der Waals surface area (Å²) in [5.74, 6) is -2.55. The number of carbonyl (C=O) groups excluding carboxylic acids is 1. The van der Waals surface area contributed by atoms with E-state index in [-0.39, 0.29) is 49.7 Å². The van der Waals surface area contributed by atoms with Crippen LogP contribution in [0, 0.1) is 0 Å². The SMILES string of the molecule is C[CH](C)[Mg][Cl].Nc1nc(=O)c2c([nH]1)NC[C@@H](CNc1ccc(C(=O)N[C@@H](CCC(=O)O)C(=O)O)cc1)N2. The molecule has 1 amide bonds. The van der Waals surface area contributed by atoms with Crippen molar-refractivity contribution in [3.05, 3.63) is 40.2 Å². The average molecular weight is 548 g/mol. The zero-order valence-electron chi connectivity index (χ0n) is 20.5. The van der Waals surface area contributed by atoms with Crippen molar-refractivity contribution in [1.82, 2.24) is 15.3 Å². The molecule has 0 spiro atoms. The molecule has 9 N–H and O–H groups in total. The summed E-state index contributed by atoms with van der Waals surface area (Å²) in [4.78, 5) is 52.5. The molecule has 1 aromatic heterocycles. The maximum absolute atomic E-state index is 12.3. The standard InChI is InChI=1S/C19H23N7O6.C3H7.ClH.Mg/c20-19-25-15-14(17(30)26-19)23-11(8-22-15)7-21-10-3-1-9(2-4-10)16(29)24-12(18(31)32)5-6-13(27)28;1-3-2;;/h1-4,11-12,21,23H,5-8H2,(H,24,29)(H,27,28)(H,31,32)(H4,20,22,25,26,30);3H,1-2H3;1H;/q;;;+1/p-1/t11-,12+;;;/m1.../s1. The molecule has 15 heteroatoms. The quantitative estimate of drug-likeness (QED) is 0.199. The van der Waals surface area contributed by atoms with Crippen molar-refractivity contribution in [2.45, 2.75) is 42.8 Å². The Morgan fingerprint density at radius 1 is 1.24 bits per heavy atom. The molecule has 198 valence electrons. The highest BCUT2D eigenvalue weighted by Crippen LogP contribution is 2.20. The number of benzene rings is 1. The van der Waals surface area contributed by atoms with Gasteiger partial charge in [0.1, 0.15) is 17.5 Å². The molecule has 0 unspecified atom stereocenters. The number of carboxylic acids is 2. The van der Waals surface area contributed by atoms with E-state index in [9.17, 15) is 19.2 Å². The van der Waals surface area contributed by atoms with Gasteiger partial charge in [-0.05, 0) is 30.7 Å². The lowest BCUT2D eigenvalue weighted by atomic mass is 10.1. The number of rotatable bonds is 10. The molecule has 13 nitrogen and oxygen atoms in total. The van der Waals surface area contributed by atoms with Crippen molar-refractivity contribution in [3.8, 4) is 0 Å². The predicted octanol–water partition coefficient (Wildman–Crippen LogP) is 1.39. The topological polar surface area (TPSA) is 212 Å². The van der Waals surface area contributed by atoms with Gasteiger partial charge < -0.3 is 51.3 Å². The summed E-state index contributed by atoms with van der Waals surface area (Å²) < 4.78 is 0.789. The van der Waals surface area contributed by atoms with E-state index >= 15 is 0 Å². The third kappa shape index (κ3) is 9.97. The largest absolute Gasteiger partial charge is 0.503 e. The van der Waals surface area contributed by atoms with Gasteiger partial charge in [-0.25, -0.2) is 4.79 Å². The second-order valence-electron chi connectivity index (χ2n) is 8.70.